The van der Waals surface area contributed by atoms with Gasteiger partial charge in [0.2, 0.25) is 0 Å². The summed E-state index contributed by atoms with van der Waals surface area (Å²) < 4.78 is 1.99. The van der Waals surface area contributed by atoms with E-state index in [-0.39, 0.29) is 12.2 Å². The Labute approximate surface area is 128 Å². The molecule has 1 aromatic heterocycles. The minimum absolute atomic E-state index is 0.106. The predicted octanol–water partition coefficient (Wildman–Crippen LogP) is 2.63. The molecule has 0 aliphatic carbocycles. The molecule has 1 atom stereocenters. The molecular weight excluding hydrogens is 322 g/mol. The van der Waals surface area contributed by atoms with Gasteiger partial charge in [-0.3, -0.25) is 4.79 Å². The first-order valence-electron chi connectivity index (χ1n) is 7.24. The van der Waals surface area contributed by atoms with Crippen molar-refractivity contribution in [2.24, 2.45) is 5.92 Å². The van der Waals surface area contributed by atoms with Gasteiger partial charge in [-0.15, -0.1) is 0 Å². The zero-order valence-electron chi connectivity index (χ0n) is 12.2. The molecule has 0 saturated heterocycles. The van der Waals surface area contributed by atoms with Crippen LogP contribution in [0, 0.1) is 5.92 Å². The maximum atomic E-state index is 12.0. The van der Waals surface area contributed by atoms with Gasteiger partial charge in [-0.25, -0.2) is 4.68 Å². The van der Waals surface area contributed by atoms with Crippen molar-refractivity contribution < 1.29 is 5.11 Å². The number of rotatable bonds is 9. The molecule has 114 valence electrons. The first-order chi connectivity index (χ1) is 9.63. The number of nitrogens with zero attached hydrogens (tertiary/aromatic N) is 2. The van der Waals surface area contributed by atoms with E-state index in [1.165, 1.54) is 4.68 Å². The molecule has 0 fully saturated rings. The molecule has 1 unspecified atom stereocenters. The van der Waals surface area contributed by atoms with Crippen molar-refractivity contribution in [2.75, 3.05) is 18.5 Å². The highest BCUT2D eigenvalue weighted by molar-refractivity contribution is 9.10. The summed E-state index contributed by atoms with van der Waals surface area (Å²) in [4.78, 5) is 12.0. The van der Waals surface area contributed by atoms with Gasteiger partial charge < -0.3 is 10.4 Å². The molecule has 0 saturated carbocycles. The second-order valence-electron chi connectivity index (χ2n) is 4.95. The van der Waals surface area contributed by atoms with Gasteiger partial charge in [0.05, 0.1) is 11.9 Å². The van der Waals surface area contributed by atoms with Crippen molar-refractivity contribution in [1.29, 1.82) is 0 Å². The maximum Gasteiger partial charge on any atom is 0.283 e. The van der Waals surface area contributed by atoms with Crippen molar-refractivity contribution in [1.82, 2.24) is 9.78 Å². The van der Waals surface area contributed by atoms with Crippen LogP contribution >= 0.6 is 15.9 Å². The molecule has 0 aromatic carbocycles. The van der Waals surface area contributed by atoms with Crippen LogP contribution in [0.3, 0.4) is 0 Å². The van der Waals surface area contributed by atoms with Gasteiger partial charge in [-0.05, 0) is 41.1 Å². The summed E-state index contributed by atoms with van der Waals surface area (Å²) in [7, 11) is 0. The monoisotopic (exact) mass is 345 g/mol. The van der Waals surface area contributed by atoms with Crippen molar-refractivity contribution in [3.8, 4) is 0 Å². The van der Waals surface area contributed by atoms with Gasteiger partial charge in [0, 0.05) is 19.7 Å². The van der Waals surface area contributed by atoms with Crippen LogP contribution in [0.15, 0.2) is 15.5 Å². The number of nitrogens with one attached hydrogen (secondary N) is 1. The normalized spacial score (nSPS) is 12.4. The average molecular weight is 346 g/mol. The Morgan fingerprint density at radius 1 is 1.40 bits per heavy atom. The molecule has 0 amide bonds. The number of hydrogen-bond acceptors (Lipinski definition) is 4. The highest BCUT2D eigenvalue weighted by atomic mass is 79.9. The zero-order chi connectivity index (χ0) is 15.0. The summed E-state index contributed by atoms with van der Waals surface area (Å²) in [5.41, 5.74) is 0.618. The third kappa shape index (κ3) is 4.90. The molecule has 2 N–H and O–H groups in total. The van der Waals surface area contributed by atoms with E-state index in [0.29, 0.717) is 16.9 Å². The van der Waals surface area contributed by atoms with Crippen LogP contribution in [0.25, 0.3) is 0 Å². The standard InChI is InChI=1S/C14H24BrN3O2/c1-3-5-11(6-8-19)9-16-12-10-17-18(7-4-2)14(20)13(12)15/h10-11,16,19H,3-9H2,1-2H3. The maximum absolute atomic E-state index is 12.0. The Kier molecular flexibility index (Phi) is 7.84. The molecule has 1 heterocycles. The molecule has 20 heavy (non-hydrogen) atoms. The molecular formula is C14H24BrN3O2. The predicted molar refractivity (Wildman–Crippen MR) is 85.1 cm³/mol. The molecule has 1 rings (SSSR count). The van der Waals surface area contributed by atoms with Crippen molar-refractivity contribution >= 4 is 21.6 Å². The number of aryl methyl sites for hydroxylation is 1. The van der Waals surface area contributed by atoms with E-state index in [1.54, 1.807) is 6.20 Å². The zero-order valence-corrected chi connectivity index (χ0v) is 13.8. The molecule has 0 bridgehead atoms. The van der Waals surface area contributed by atoms with Crippen LogP contribution in [-0.4, -0.2) is 28.0 Å². The Bertz CT molecular complexity index is 456. The van der Waals surface area contributed by atoms with Crippen LogP contribution in [0.1, 0.15) is 39.5 Å². The minimum Gasteiger partial charge on any atom is -0.396 e. The minimum atomic E-state index is -0.106. The lowest BCUT2D eigenvalue weighted by Gasteiger charge is -2.17. The Hall–Kier alpha value is -0.880. The number of halogens is 1. The molecule has 0 aliphatic heterocycles. The summed E-state index contributed by atoms with van der Waals surface area (Å²) in [6, 6.07) is 0. The first-order valence-corrected chi connectivity index (χ1v) is 8.03. The quantitative estimate of drug-likeness (QED) is 0.721. The van der Waals surface area contributed by atoms with Gasteiger partial charge in [0.1, 0.15) is 4.47 Å². The number of hydrogen-bond donors (Lipinski definition) is 2. The summed E-state index contributed by atoms with van der Waals surface area (Å²) in [6.45, 7) is 5.71. The second-order valence-corrected chi connectivity index (χ2v) is 5.74. The highest BCUT2D eigenvalue weighted by Gasteiger charge is 2.11. The van der Waals surface area contributed by atoms with Crippen molar-refractivity contribution in [2.45, 2.75) is 46.1 Å². The molecule has 0 radical (unpaired) electrons. The van der Waals surface area contributed by atoms with Crippen LogP contribution in [0.5, 0.6) is 0 Å². The van der Waals surface area contributed by atoms with Gasteiger partial charge in [-0.2, -0.15) is 5.10 Å². The number of aliphatic hydroxyl groups excluding tert-OH is 1. The van der Waals surface area contributed by atoms with E-state index < -0.39 is 0 Å². The van der Waals surface area contributed by atoms with E-state index in [4.69, 9.17) is 5.11 Å². The van der Waals surface area contributed by atoms with E-state index >= 15 is 0 Å². The van der Waals surface area contributed by atoms with E-state index in [1.807, 2.05) is 6.92 Å². The largest absolute Gasteiger partial charge is 0.396 e. The summed E-state index contributed by atoms with van der Waals surface area (Å²) in [5, 5.41) is 16.5. The molecule has 0 spiro atoms. The number of aromatic nitrogens is 2. The summed E-state index contributed by atoms with van der Waals surface area (Å²) in [6.07, 6.45) is 5.48. The van der Waals surface area contributed by atoms with Crippen LogP contribution in [0.2, 0.25) is 0 Å². The van der Waals surface area contributed by atoms with Gasteiger partial charge in [0.15, 0.2) is 0 Å². The molecule has 0 aliphatic rings. The molecule has 1 aromatic rings. The summed E-state index contributed by atoms with van der Waals surface area (Å²) in [5.74, 6) is 0.412. The SMILES string of the molecule is CCCC(CCO)CNc1cnn(CCC)c(=O)c1Br. The molecule has 6 heteroatoms. The van der Waals surface area contributed by atoms with Crippen LogP contribution in [0.4, 0.5) is 5.69 Å². The fourth-order valence-corrected chi connectivity index (χ4v) is 2.60. The third-order valence-electron chi connectivity index (χ3n) is 3.24. The number of anilines is 1. The highest BCUT2D eigenvalue weighted by Crippen LogP contribution is 2.18. The average Bonchev–Trinajstić information content (AvgIpc) is 2.43. The third-order valence-corrected chi connectivity index (χ3v) is 4.00. The van der Waals surface area contributed by atoms with E-state index in [2.05, 4.69) is 33.3 Å². The number of aliphatic hydroxyl groups is 1. The topological polar surface area (TPSA) is 67.2 Å². The summed E-state index contributed by atoms with van der Waals surface area (Å²) >= 11 is 3.34. The van der Waals surface area contributed by atoms with Gasteiger partial charge >= 0.3 is 0 Å². The van der Waals surface area contributed by atoms with Crippen molar-refractivity contribution in [3.05, 3.63) is 21.0 Å². The van der Waals surface area contributed by atoms with Gasteiger partial charge in [-0.1, -0.05) is 20.3 Å². The lowest BCUT2D eigenvalue weighted by Crippen LogP contribution is -2.25. The van der Waals surface area contributed by atoms with E-state index in [9.17, 15) is 4.79 Å². The fourth-order valence-electron chi connectivity index (χ4n) is 2.15. The Morgan fingerprint density at radius 2 is 2.15 bits per heavy atom. The fraction of sp³-hybridized carbons (Fsp3) is 0.714. The Balaban J connectivity index is 2.72. The Morgan fingerprint density at radius 3 is 2.75 bits per heavy atom. The van der Waals surface area contributed by atoms with Crippen LogP contribution in [-0.2, 0) is 6.54 Å². The first kappa shape index (κ1) is 17.2. The van der Waals surface area contributed by atoms with Crippen LogP contribution < -0.4 is 10.9 Å². The van der Waals surface area contributed by atoms with Gasteiger partial charge in [0.25, 0.3) is 5.56 Å². The van der Waals surface area contributed by atoms with E-state index in [0.717, 1.165) is 37.9 Å². The lowest BCUT2D eigenvalue weighted by molar-refractivity contribution is 0.255. The van der Waals surface area contributed by atoms with Crippen molar-refractivity contribution in [3.63, 3.8) is 0 Å². The lowest BCUT2D eigenvalue weighted by atomic mass is 10.0. The second kappa shape index (κ2) is 9.13. The smallest absolute Gasteiger partial charge is 0.283 e. The molecule has 5 nitrogen and oxygen atoms in total.